The number of methoxy groups -OCH3 is 4. The first-order valence-corrected chi connectivity index (χ1v) is 12.1. The van der Waals surface area contributed by atoms with E-state index in [9.17, 15) is 0 Å². The molecule has 0 spiro atoms. The minimum Gasteiger partial charge on any atom is -0.496 e. The van der Waals surface area contributed by atoms with Crippen LogP contribution in [0.3, 0.4) is 0 Å². The van der Waals surface area contributed by atoms with Crippen molar-refractivity contribution in [1.29, 1.82) is 0 Å². The van der Waals surface area contributed by atoms with E-state index in [0.717, 1.165) is 46.4 Å². The van der Waals surface area contributed by atoms with Crippen LogP contribution in [0.2, 0.25) is 0 Å². The lowest BCUT2D eigenvalue weighted by molar-refractivity contribution is 0.324. The molecule has 0 aliphatic rings. The third-order valence-corrected chi connectivity index (χ3v) is 6.01. The van der Waals surface area contributed by atoms with Crippen molar-refractivity contribution in [3.05, 3.63) is 59.0 Å². The number of hydrogen-bond acceptors (Lipinski definition) is 8. The van der Waals surface area contributed by atoms with Gasteiger partial charge in [-0.15, -0.1) is 0 Å². The zero-order valence-corrected chi connectivity index (χ0v) is 22.2. The van der Waals surface area contributed by atoms with E-state index < -0.39 is 0 Å². The van der Waals surface area contributed by atoms with Crippen LogP contribution in [0.5, 0.6) is 23.0 Å². The Hall–Kier alpha value is -4.27. The van der Waals surface area contributed by atoms with Gasteiger partial charge in [-0.1, -0.05) is 37.6 Å². The van der Waals surface area contributed by atoms with Crippen LogP contribution in [0.4, 0.5) is 5.82 Å². The predicted molar refractivity (Wildman–Crippen MR) is 146 cm³/mol. The summed E-state index contributed by atoms with van der Waals surface area (Å²) in [7, 11) is 8.37. The highest BCUT2D eigenvalue weighted by Gasteiger charge is 2.17. The van der Waals surface area contributed by atoms with E-state index in [1.165, 1.54) is 0 Å². The van der Waals surface area contributed by atoms with Gasteiger partial charge in [-0.2, -0.15) is 5.10 Å². The van der Waals surface area contributed by atoms with Gasteiger partial charge >= 0.3 is 0 Å². The van der Waals surface area contributed by atoms with Crippen molar-refractivity contribution in [3.8, 4) is 23.0 Å². The van der Waals surface area contributed by atoms with Gasteiger partial charge in [0.15, 0.2) is 23.1 Å². The van der Waals surface area contributed by atoms with Gasteiger partial charge in [0.2, 0.25) is 5.75 Å². The molecule has 0 aliphatic heterocycles. The number of aromatic nitrogens is 4. The summed E-state index contributed by atoms with van der Waals surface area (Å²) < 4.78 is 23.8. The quantitative estimate of drug-likeness (QED) is 0.301. The van der Waals surface area contributed by atoms with Crippen LogP contribution in [0.25, 0.3) is 23.2 Å². The summed E-state index contributed by atoms with van der Waals surface area (Å²) in [6, 6.07) is 11.7. The molecular formula is C28H33N5O4. The zero-order valence-electron chi connectivity index (χ0n) is 22.2. The highest BCUT2D eigenvalue weighted by molar-refractivity contribution is 5.89. The van der Waals surface area contributed by atoms with Gasteiger partial charge in [-0.05, 0) is 36.3 Å². The zero-order chi connectivity index (χ0) is 26.4. The first kappa shape index (κ1) is 25.8. The summed E-state index contributed by atoms with van der Waals surface area (Å²) in [6.07, 6.45) is 5.59. The monoisotopic (exact) mass is 503 g/mol. The maximum atomic E-state index is 5.52. The van der Waals surface area contributed by atoms with E-state index in [1.54, 1.807) is 28.4 Å². The number of ether oxygens (including phenoxy) is 4. The molecule has 0 unspecified atom stereocenters. The van der Waals surface area contributed by atoms with Crippen LogP contribution >= 0.6 is 0 Å². The maximum absolute atomic E-state index is 5.52. The summed E-state index contributed by atoms with van der Waals surface area (Å²) in [6.45, 7) is 2.67. The molecule has 9 heteroatoms. The number of aryl methyl sites for hydroxylation is 2. The Labute approximate surface area is 217 Å². The predicted octanol–water partition coefficient (Wildman–Crippen LogP) is 5.13. The minimum atomic E-state index is 0.542. The maximum Gasteiger partial charge on any atom is 0.203 e. The van der Waals surface area contributed by atoms with Gasteiger partial charge < -0.3 is 24.3 Å². The number of nitrogens with zero attached hydrogens (tertiary/aromatic N) is 4. The van der Waals surface area contributed by atoms with E-state index in [0.29, 0.717) is 35.4 Å². The molecule has 4 rings (SSSR count). The first-order valence-electron chi connectivity index (χ1n) is 12.1. The van der Waals surface area contributed by atoms with Gasteiger partial charge in [-0.25, -0.2) is 9.97 Å². The van der Waals surface area contributed by atoms with Crippen molar-refractivity contribution in [2.75, 3.05) is 33.8 Å². The van der Waals surface area contributed by atoms with Crippen LogP contribution in [-0.2, 0) is 20.0 Å². The van der Waals surface area contributed by atoms with E-state index in [2.05, 4.69) is 12.2 Å². The van der Waals surface area contributed by atoms with E-state index in [1.807, 2.05) is 60.3 Å². The van der Waals surface area contributed by atoms with Crippen LogP contribution in [0.1, 0.15) is 36.0 Å². The van der Waals surface area contributed by atoms with E-state index in [-0.39, 0.29) is 0 Å². The number of nitrogens with one attached hydrogen (secondary N) is 1. The molecule has 0 radical (unpaired) electrons. The summed E-state index contributed by atoms with van der Waals surface area (Å²) >= 11 is 0. The van der Waals surface area contributed by atoms with Gasteiger partial charge in [0.25, 0.3) is 0 Å². The highest BCUT2D eigenvalue weighted by atomic mass is 16.5. The van der Waals surface area contributed by atoms with E-state index in [4.69, 9.17) is 34.0 Å². The molecule has 0 amide bonds. The average molecular weight is 504 g/mol. The van der Waals surface area contributed by atoms with Crippen molar-refractivity contribution in [1.82, 2.24) is 19.7 Å². The summed E-state index contributed by atoms with van der Waals surface area (Å²) in [5.74, 6) is 3.79. The second kappa shape index (κ2) is 11.6. The lowest BCUT2D eigenvalue weighted by Crippen LogP contribution is -2.07. The number of rotatable bonds is 11. The number of benzene rings is 2. The minimum absolute atomic E-state index is 0.542. The van der Waals surface area contributed by atoms with Crippen LogP contribution in [0, 0.1) is 0 Å². The molecular weight excluding hydrogens is 470 g/mol. The van der Waals surface area contributed by atoms with Crippen molar-refractivity contribution in [2.45, 2.75) is 26.3 Å². The van der Waals surface area contributed by atoms with Crippen LogP contribution < -0.4 is 24.3 Å². The van der Waals surface area contributed by atoms with E-state index >= 15 is 0 Å². The normalized spacial score (nSPS) is 11.2. The van der Waals surface area contributed by atoms with Gasteiger partial charge in [0, 0.05) is 19.2 Å². The molecule has 0 saturated heterocycles. The largest absolute Gasteiger partial charge is 0.496 e. The lowest BCUT2D eigenvalue weighted by Gasteiger charge is -2.13. The highest BCUT2D eigenvalue weighted by Crippen LogP contribution is 2.38. The molecule has 0 bridgehead atoms. The van der Waals surface area contributed by atoms with Crippen molar-refractivity contribution in [2.24, 2.45) is 7.05 Å². The van der Waals surface area contributed by atoms with Gasteiger partial charge in [-0.3, -0.25) is 4.68 Å². The molecule has 9 nitrogen and oxygen atoms in total. The second-order valence-electron chi connectivity index (χ2n) is 8.41. The Morgan fingerprint density at radius 1 is 0.892 bits per heavy atom. The van der Waals surface area contributed by atoms with Gasteiger partial charge in [0.05, 0.1) is 34.1 Å². The van der Waals surface area contributed by atoms with Crippen molar-refractivity contribution >= 4 is 29.0 Å². The Morgan fingerprint density at radius 3 is 2.24 bits per heavy atom. The fraction of sp³-hybridized carbons (Fsp3) is 0.321. The fourth-order valence-electron chi connectivity index (χ4n) is 4.26. The Morgan fingerprint density at radius 2 is 1.59 bits per heavy atom. The number of para-hydroxylation sites is 1. The molecule has 0 atom stereocenters. The molecule has 4 aromatic rings. The topological polar surface area (TPSA) is 92.6 Å². The van der Waals surface area contributed by atoms with Crippen molar-refractivity contribution < 1.29 is 18.9 Å². The van der Waals surface area contributed by atoms with Crippen LogP contribution in [0.15, 0.2) is 36.4 Å². The molecule has 0 aliphatic carbocycles. The SMILES string of the molecule is CCCc1nn(C)c2c(NCc3ccccc3OC)nc(C=Cc3cc(OC)c(OC)c(OC)c3)nc12. The third kappa shape index (κ3) is 5.45. The smallest absolute Gasteiger partial charge is 0.203 e. The number of hydrogen-bond donors (Lipinski definition) is 1. The van der Waals surface area contributed by atoms with Crippen molar-refractivity contribution in [3.63, 3.8) is 0 Å². The van der Waals surface area contributed by atoms with Crippen LogP contribution in [-0.4, -0.2) is 48.2 Å². The molecule has 1 N–H and O–H groups in total. The first-order chi connectivity index (χ1) is 18.0. The summed E-state index contributed by atoms with van der Waals surface area (Å²) in [5, 5.41) is 8.21. The molecule has 37 heavy (non-hydrogen) atoms. The molecule has 2 aromatic heterocycles. The molecule has 0 saturated carbocycles. The Kier molecular flexibility index (Phi) is 8.12. The second-order valence-corrected chi connectivity index (χ2v) is 8.41. The Bertz CT molecular complexity index is 1390. The molecule has 194 valence electrons. The average Bonchev–Trinajstić information content (AvgIpc) is 3.24. The Balaban J connectivity index is 1.75. The molecule has 2 heterocycles. The number of fused-ring (bicyclic) bond motifs is 1. The molecule has 2 aromatic carbocycles. The summed E-state index contributed by atoms with van der Waals surface area (Å²) in [4.78, 5) is 9.71. The molecule has 0 fully saturated rings. The standard InChI is InChI=1S/C28H33N5O4/c1-7-10-20-25-26(33(2)32-20)28(29-17-19-11-8-9-12-21(19)34-3)31-24(30-25)14-13-18-15-22(35-4)27(37-6)23(16-18)36-5/h8-9,11-16H,7,10,17H2,1-6H3,(H,29,30,31). The number of anilines is 1. The summed E-state index contributed by atoms with van der Waals surface area (Å²) in [5.41, 5.74) is 4.55. The lowest BCUT2D eigenvalue weighted by atomic mass is 10.1. The fourth-order valence-corrected chi connectivity index (χ4v) is 4.26. The third-order valence-electron chi connectivity index (χ3n) is 6.01. The van der Waals surface area contributed by atoms with Gasteiger partial charge in [0.1, 0.15) is 16.8 Å².